The van der Waals surface area contributed by atoms with Crippen LogP contribution in [0.15, 0.2) is 53.5 Å². The number of nitrogens with one attached hydrogen (secondary N) is 2. The number of benzene rings is 2. The summed E-state index contributed by atoms with van der Waals surface area (Å²) in [6.07, 6.45) is 1.69. The van der Waals surface area contributed by atoms with Crippen LogP contribution in [0.1, 0.15) is 21.5 Å². The predicted octanol–water partition coefficient (Wildman–Crippen LogP) is 2.97. The molecule has 2 N–H and O–H groups in total. The highest BCUT2D eigenvalue weighted by Crippen LogP contribution is 2.12. The molecule has 1 amide bonds. The van der Waals surface area contributed by atoms with Crippen LogP contribution in [0.25, 0.3) is 0 Å². The van der Waals surface area contributed by atoms with Crippen LogP contribution in [0, 0.1) is 0 Å². The lowest BCUT2D eigenvalue weighted by Gasteiger charge is -2.13. The summed E-state index contributed by atoms with van der Waals surface area (Å²) in [6.45, 7) is 1.51. The Hall–Kier alpha value is -2.29. The van der Waals surface area contributed by atoms with Crippen molar-refractivity contribution in [3.63, 3.8) is 0 Å². The van der Waals surface area contributed by atoms with Crippen LogP contribution in [-0.2, 0) is 12.8 Å². The van der Waals surface area contributed by atoms with Crippen LogP contribution >= 0.6 is 24.0 Å². The number of aliphatic imine (C=N–C) groups is 1. The van der Waals surface area contributed by atoms with Gasteiger partial charge < -0.3 is 20.3 Å². The quantitative estimate of drug-likeness (QED) is 0.326. The molecule has 0 saturated carbocycles. The second-order valence-electron chi connectivity index (χ2n) is 6.68. The van der Waals surface area contributed by atoms with Gasteiger partial charge in [0.2, 0.25) is 0 Å². The summed E-state index contributed by atoms with van der Waals surface area (Å²) in [4.78, 5) is 17.9. The van der Waals surface area contributed by atoms with Crippen molar-refractivity contribution in [2.24, 2.45) is 4.99 Å². The van der Waals surface area contributed by atoms with Gasteiger partial charge in [0.1, 0.15) is 5.75 Å². The molecule has 29 heavy (non-hydrogen) atoms. The van der Waals surface area contributed by atoms with Crippen molar-refractivity contribution in [1.82, 2.24) is 15.5 Å². The average molecular weight is 510 g/mol. The Balaban J connectivity index is 0.00000420. The Morgan fingerprint density at radius 2 is 1.59 bits per heavy atom. The van der Waals surface area contributed by atoms with E-state index in [1.165, 1.54) is 5.56 Å². The number of rotatable bonds is 8. The van der Waals surface area contributed by atoms with Gasteiger partial charge in [-0.15, -0.1) is 24.0 Å². The van der Waals surface area contributed by atoms with Gasteiger partial charge in [-0.1, -0.05) is 24.3 Å². The van der Waals surface area contributed by atoms with Crippen molar-refractivity contribution in [1.29, 1.82) is 0 Å². The molecule has 0 unspecified atom stereocenters. The topological polar surface area (TPSA) is 66.0 Å². The van der Waals surface area contributed by atoms with E-state index in [2.05, 4.69) is 21.7 Å². The monoisotopic (exact) mass is 510 g/mol. The van der Waals surface area contributed by atoms with E-state index in [0.717, 1.165) is 43.2 Å². The second-order valence-corrected chi connectivity index (χ2v) is 6.68. The summed E-state index contributed by atoms with van der Waals surface area (Å²) < 4.78 is 5.25. The lowest BCUT2D eigenvalue weighted by Crippen LogP contribution is -2.39. The van der Waals surface area contributed by atoms with Gasteiger partial charge >= 0.3 is 0 Å². The number of carbonyl (C=O) groups excluding carboxylic acids is 1. The molecule has 7 heteroatoms. The van der Waals surface area contributed by atoms with Gasteiger partial charge in [0.25, 0.3) is 5.91 Å². The fourth-order valence-electron chi connectivity index (χ4n) is 2.82. The maximum Gasteiger partial charge on any atom is 0.253 e. The van der Waals surface area contributed by atoms with E-state index >= 15 is 0 Å². The lowest BCUT2D eigenvalue weighted by molar-refractivity contribution is 0.0827. The number of methoxy groups -OCH3 is 1. The fraction of sp³-hybridized carbons (Fsp3) is 0.364. The molecule has 0 heterocycles. The van der Waals surface area contributed by atoms with Crippen molar-refractivity contribution in [3.8, 4) is 5.75 Å². The SMILES string of the molecule is CN=C(NCCc1cccc(OC)c1)NCCc1cccc(C(=O)N(C)C)c1.I. The molecular weight excluding hydrogens is 479 g/mol. The zero-order valence-corrected chi connectivity index (χ0v) is 19.9. The van der Waals surface area contributed by atoms with E-state index in [4.69, 9.17) is 4.74 Å². The van der Waals surface area contributed by atoms with Crippen LogP contribution in [0.5, 0.6) is 5.75 Å². The van der Waals surface area contributed by atoms with Crippen LogP contribution < -0.4 is 15.4 Å². The third-order valence-corrected chi connectivity index (χ3v) is 4.35. The molecule has 2 rings (SSSR count). The maximum atomic E-state index is 12.1. The van der Waals surface area contributed by atoms with Crippen molar-refractivity contribution in [2.75, 3.05) is 41.3 Å². The lowest BCUT2D eigenvalue weighted by atomic mass is 10.1. The molecule has 2 aromatic rings. The Kier molecular flexibility index (Phi) is 11.1. The Bertz CT molecular complexity index is 809. The summed E-state index contributed by atoms with van der Waals surface area (Å²) in [5.41, 5.74) is 3.04. The van der Waals surface area contributed by atoms with E-state index in [9.17, 15) is 4.79 Å². The summed E-state index contributed by atoms with van der Waals surface area (Å²) in [6, 6.07) is 15.8. The Morgan fingerprint density at radius 3 is 2.14 bits per heavy atom. The maximum absolute atomic E-state index is 12.1. The minimum absolute atomic E-state index is 0. The molecule has 0 aliphatic heterocycles. The molecule has 2 aromatic carbocycles. The van der Waals surface area contributed by atoms with Crippen molar-refractivity contribution in [3.05, 3.63) is 65.2 Å². The Morgan fingerprint density at radius 1 is 1.00 bits per heavy atom. The van der Waals surface area contributed by atoms with Gasteiger partial charge in [-0.25, -0.2) is 0 Å². The predicted molar refractivity (Wildman–Crippen MR) is 130 cm³/mol. The number of nitrogens with zero attached hydrogens (tertiary/aromatic N) is 2. The van der Waals surface area contributed by atoms with Gasteiger partial charge in [-0.2, -0.15) is 0 Å². The highest BCUT2D eigenvalue weighted by molar-refractivity contribution is 14.0. The first kappa shape index (κ1) is 24.7. The summed E-state index contributed by atoms with van der Waals surface area (Å²) in [7, 11) is 6.96. The molecule has 0 atom stereocenters. The summed E-state index contributed by atoms with van der Waals surface area (Å²) >= 11 is 0. The molecule has 0 aliphatic rings. The first-order valence-electron chi connectivity index (χ1n) is 9.41. The van der Waals surface area contributed by atoms with Crippen LogP contribution in [0.2, 0.25) is 0 Å². The van der Waals surface area contributed by atoms with Gasteiger partial charge in [-0.3, -0.25) is 9.79 Å². The van der Waals surface area contributed by atoms with E-state index in [-0.39, 0.29) is 29.9 Å². The smallest absolute Gasteiger partial charge is 0.253 e. The number of carbonyl (C=O) groups is 1. The first-order chi connectivity index (χ1) is 13.5. The highest BCUT2D eigenvalue weighted by atomic mass is 127. The standard InChI is InChI=1S/C22H30N4O2.HI/c1-23-22(25-14-12-18-8-6-10-20(16-18)28-4)24-13-11-17-7-5-9-19(15-17)21(27)26(2)3;/h5-10,15-16H,11-14H2,1-4H3,(H2,23,24,25);1H. The molecule has 6 nitrogen and oxygen atoms in total. The summed E-state index contributed by atoms with van der Waals surface area (Å²) in [5, 5.41) is 6.64. The van der Waals surface area contributed by atoms with Crippen molar-refractivity contribution < 1.29 is 9.53 Å². The first-order valence-corrected chi connectivity index (χ1v) is 9.41. The fourth-order valence-corrected chi connectivity index (χ4v) is 2.82. The number of ether oxygens (including phenoxy) is 1. The average Bonchev–Trinajstić information content (AvgIpc) is 2.72. The molecular formula is C22H31IN4O2. The zero-order valence-electron chi connectivity index (χ0n) is 17.6. The molecule has 158 valence electrons. The second kappa shape index (κ2) is 13.0. The molecule has 0 radical (unpaired) electrons. The molecule has 0 aliphatic carbocycles. The van der Waals surface area contributed by atoms with E-state index < -0.39 is 0 Å². The van der Waals surface area contributed by atoms with Gasteiger partial charge in [0.15, 0.2) is 5.96 Å². The zero-order chi connectivity index (χ0) is 20.4. The minimum Gasteiger partial charge on any atom is -0.497 e. The number of guanidine groups is 1. The number of hydrogen-bond acceptors (Lipinski definition) is 3. The molecule has 0 saturated heterocycles. The summed E-state index contributed by atoms with van der Waals surface area (Å²) in [5.74, 6) is 1.66. The minimum atomic E-state index is 0. The highest BCUT2D eigenvalue weighted by Gasteiger charge is 2.08. The van der Waals surface area contributed by atoms with Crippen LogP contribution in [-0.4, -0.2) is 58.1 Å². The molecule has 0 bridgehead atoms. The van der Waals surface area contributed by atoms with Gasteiger partial charge in [-0.05, 0) is 48.2 Å². The normalized spacial score (nSPS) is 10.7. The number of amides is 1. The van der Waals surface area contributed by atoms with E-state index in [1.54, 1.807) is 33.2 Å². The third kappa shape index (κ3) is 8.31. The molecule has 0 aromatic heterocycles. The number of hydrogen-bond donors (Lipinski definition) is 2. The third-order valence-electron chi connectivity index (χ3n) is 4.35. The van der Waals surface area contributed by atoms with Crippen LogP contribution in [0.3, 0.4) is 0 Å². The Labute approximate surface area is 190 Å². The van der Waals surface area contributed by atoms with E-state index in [1.807, 2.05) is 42.5 Å². The number of halogens is 1. The van der Waals surface area contributed by atoms with E-state index in [0.29, 0.717) is 5.56 Å². The van der Waals surface area contributed by atoms with Crippen molar-refractivity contribution >= 4 is 35.8 Å². The van der Waals surface area contributed by atoms with Crippen molar-refractivity contribution in [2.45, 2.75) is 12.8 Å². The molecule has 0 fully saturated rings. The van der Waals surface area contributed by atoms with Crippen LogP contribution in [0.4, 0.5) is 0 Å². The van der Waals surface area contributed by atoms with Gasteiger partial charge in [0.05, 0.1) is 7.11 Å². The van der Waals surface area contributed by atoms with Gasteiger partial charge in [0, 0.05) is 39.8 Å². The largest absolute Gasteiger partial charge is 0.497 e. The molecule has 0 spiro atoms.